The number of hydrogen-bond donors (Lipinski definition) is 1. The van der Waals surface area contributed by atoms with E-state index in [1.165, 1.54) is 31.5 Å². The third kappa shape index (κ3) is 3.58. The third-order valence-corrected chi connectivity index (χ3v) is 3.05. The standard InChI is InChI=1S/C13H21N3/c1-12-10-16(8-3-2-7-15-12)11-13-5-4-6-14-9-13/h4-6,9,12,15H,2-3,7-8,10-11H2,1H3. The first kappa shape index (κ1) is 11.6. The van der Waals surface area contributed by atoms with Crippen molar-refractivity contribution < 1.29 is 0 Å². The second-order valence-corrected chi connectivity index (χ2v) is 4.66. The van der Waals surface area contributed by atoms with Crippen LogP contribution in [0.2, 0.25) is 0 Å². The maximum absolute atomic E-state index is 4.17. The van der Waals surface area contributed by atoms with E-state index in [9.17, 15) is 0 Å². The monoisotopic (exact) mass is 219 g/mol. The molecule has 16 heavy (non-hydrogen) atoms. The normalized spacial score (nSPS) is 23.7. The van der Waals surface area contributed by atoms with E-state index < -0.39 is 0 Å². The van der Waals surface area contributed by atoms with E-state index in [4.69, 9.17) is 0 Å². The summed E-state index contributed by atoms with van der Waals surface area (Å²) in [7, 11) is 0. The summed E-state index contributed by atoms with van der Waals surface area (Å²) in [6, 6.07) is 4.77. The topological polar surface area (TPSA) is 28.2 Å². The van der Waals surface area contributed by atoms with Gasteiger partial charge < -0.3 is 5.32 Å². The highest BCUT2D eigenvalue weighted by Gasteiger charge is 2.12. The maximum Gasteiger partial charge on any atom is 0.0312 e. The predicted octanol–water partition coefficient (Wildman–Crippen LogP) is 1.66. The molecule has 1 aliphatic heterocycles. The smallest absolute Gasteiger partial charge is 0.0312 e. The van der Waals surface area contributed by atoms with E-state index in [-0.39, 0.29) is 0 Å². The molecule has 1 atom stereocenters. The molecule has 3 heteroatoms. The molecule has 0 spiro atoms. The molecule has 1 N–H and O–H groups in total. The van der Waals surface area contributed by atoms with Crippen molar-refractivity contribution in [2.45, 2.75) is 32.4 Å². The third-order valence-electron chi connectivity index (χ3n) is 3.05. The molecule has 2 rings (SSSR count). The van der Waals surface area contributed by atoms with Crippen molar-refractivity contribution in [3.63, 3.8) is 0 Å². The highest BCUT2D eigenvalue weighted by molar-refractivity contribution is 5.08. The minimum Gasteiger partial charge on any atom is -0.313 e. The van der Waals surface area contributed by atoms with Gasteiger partial charge in [0.15, 0.2) is 0 Å². The molecule has 1 aromatic heterocycles. The van der Waals surface area contributed by atoms with Crippen LogP contribution < -0.4 is 5.32 Å². The number of pyridine rings is 1. The molecule has 1 fully saturated rings. The number of aromatic nitrogens is 1. The fourth-order valence-corrected chi connectivity index (χ4v) is 2.25. The SMILES string of the molecule is CC1CN(Cc2cccnc2)CCCCN1. The summed E-state index contributed by atoms with van der Waals surface area (Å²) < 4.78 is 0. The molecule has 1 aliphatic rings. The van der Waals surface area contributed by atoms with Crippen molar-refractivity contribution in [3.8, 4) is 0 Å². The first-order valence-corrected chi connectivity index (χ1v) is 6.19. The molecule has 0 radical (unpaired) electrons. The van der Waals surface area contributed by atoms with Gasteiger partial charge in [-0.2, -0.15) is 0 Å². The number of rotatable bonds is 2. The van der Waals surface area contributed by atoms with E-state index >= 15 is 0 Å². The number of nitrogens with zero attached hydrogens (tertiary/aromatic N) is 2. The van der Waals surface area contributed by atoms with Crippen LogP contribution in [0, 0.1) is 0 Å². The van der Waals surface area contributed by atoms with Gasteiger partial charge in [-0.3, -0.25) is 9.88 Å². The maximum atomic E-state index is 4.17. The van der Waals surface area contributed by atoms with Crippen LogP contribution >= 0.6 is 0 Å². The van der Waals surface area contributed by atoms with Crippen molar-refractivity contribution in [2.75, 3.05) is 19.6 Å². The minimum absolute atomic E-state index is 0.594. The first-order chi connectivity index (χ1) is 7.84. The summed E-state index contributed by atoms with van der Waals surface area (Å²) >= 11 is 0. The molecular formula is C13H21N3. The van der Waals surface area contributed by atoms with Crippen molar-refractivity contribution in [3.05, 3.63) is 30.1 Å². The Bertz CT molecular complexity index is 299. The Balaban J connectivity index is 1.91. The second-order valence-electron chi connectivity index (χ2n) is 4.66. The Morgan fingerprint density at radius 3 is 3.25 bits per heavy atom. The highest BCUT2D eigenvalue weighted by Crippen LogP contribution is 2.07. The van der Waals surface area contributed by atoms with Gasteiger partial charge in [0.05, 0.1) is 0 Å². The molecule has 2 heterocycles. The Morgan fingerprint density at radius 2 is 2.44 bits per heavy atom. The van der Waals surface area contributed by atoms with E-state index in [2.05, 4.69) is 28.2 Å². The Kier molecular flexibility index (Phi) is 4.31. The van der Waals surface area contributed by atoms with E-state index in [0.29, 0.717) is 6.04 Å². The van der Waals surface area contributed by atoms with Gasteiger partial charge in [-0.15, -0.1) is 0 Å². The Labute approximate surface area is 97.9 Å². The van der Waals surface area contributed by atoms with Crippen molar-refractivity contribution in [1.82, 2.24) is 15.2 Å². The molecule has 1 unspecified atom stereocenters. The summed E-state index contributed by atoms with van der Waals surface area (Å²) in [6.07, 6.45) is 6.38. The van der Waals surface area contributed by atoms with Crippen molar-refractivity contribution in [2.24, 2.45) is 0 Å². The van der Waals surface area contributed by atoms with Gasteiger partial charge in [0.25, 0.3) is 0 Å². The van der Waals surface area contributed by atoms with Gasteiger partial charge in [0, 0.05) is 31.5 Å². The molecule has 1 aromatic rings. The molecular weight excluding hydrogens is 198 g/mol. The summed E-state index contributed by atoms with van der Waals surface area (Å²) in [6.45, 7) is 6.80. The van der Waals surface area contributed by atoms with Crippen LogP contribution in [0.25, 0.3) is 0 Å². The van der Waals surface area contributed by atoms with Gasteiger partial charge in [-0.25, -0.2) is 0 Å². The van der Waals surface area contributed by atoms with Gasteiger partial charge in [-0.1, -0.05) is 6.07 Å². The molecule has 0 aliphatic carbocycles. The van der Waals surface area contributed by atoms with Gasteiger partial charge in [-0.05, 0) is 44.5 Å². The lowest BCUT2D eigenvalue weighted by molar-refractivity contribution is 0.219. The minimum atomic E-state index is 0.594. The van der Waals surface area contributed by atoms with Gasteiger partial charge >= 0.3 is 0 Å². The van der Waals surface area contributed by atoms with E-state index in [0.717, 1.165) is 13.1 Å². The second kappa shape index (κ2) is 5.97. The van der Waals surface area contributed by atoms with Crippen LogP contribution in [0.1, 0.15) is 25.3 Å². The first-order valence-electron chi connectivity index (χ1n) is 6.19. The fraction of sp³-hybridized carbons (Fsp3) is 0.615. The van der Waals surface area contributed by atoms with Crippen LogP contribution in [0.15, 0.2) is 24.5 Å². The molecule has 0 aromatic carbocycles. The van der Waals surface area contributed by atoms with Crippen molar-refractivity contribution >= 4 is 0 Å². The summed E-state index contributed by atoms with van der Waals surface area (Å²) in [5.41, 5.74) is 1.32. The predicted molar refractivity (Wildman–Crippen MR) is 66.2 cm³/mol. The Hall–Kier alpha value is -0.930. The van der Waals surface area contributed by atoms with E-state index in [1.807, 2.05) is 18.5 Å². The lowest BCUT2D eigenvalue weighted by atomic mass is 10.1. The largest absolute Gasteiger partial charge is 0.313 e. The lowest BCUT2D eigenvalue weighted by Gasteiger charge is -2.28. The van der Waals surface area contributed by atoms with Gasteiger partial charge in [0.2, 0.25) is 0 Å². The zero-order valence-corrected chi connectivity index (χ0v) is 10.0. The van der Waals surface area contributed by atoms with Crippen LogP contribution in [-0.2, 0) is 6.54 Å². The van der Waals surface area contributed by atoms with Gasteiger partial charge in [0.1, 0.15) is 0 Å². The quantitative estimate of drug-likeness (QED) is 0.820. The average molecular weight is 219 g/mol. The molecule has 1 saturated heterocycles. The summed E-state index contributed by atoms with van der Waals surface area (Å²) in [5, 5.41) is 3.54. The molecule has 0 saturated carbocycles. The lowest BCUT2D eigenvalue weighted by Crippen LogP contribution is -2.42. The molecule has 88 valence electrons. The van der Waals surface area contributed by atoms with E-state index in [1.54, 1.807) is 0 Å². The zero-order chi connectivity index (χ0) is 11.2. The van der Waals surface area contributed by atoms with Crippen LogP contribution in [0.5, 0.6) is 0 Å². The number of nitrogens with one attached hydrogen (secondary N) is 1. The van der Waals surface area contributed by atoms with Crippen LogP contribution in [-0.4, -0.2) is 35.6 Å². The molecule has 0 bridgehead atoms. The zero-order valence-electron chi connectivity index (χ0n) is 10.0. The van der Waals surface area contributed by atoms with Crippen molar-refractivity contribution in [1.29, 1.82) is 0 Å². The highest BCUT2D eigenvalue weighted by atomic mass is 15.1. The summed E-state index contributed by atoms with van der Waals surface area (Å²) in [5.74, 6) is 0. The average Bonchev–Trinajstić information content (AvgIpc) is 2.27. The fourth-order valence-electron chi connectivity index (χ4n) is 2.25. The Morgan fingerprint density at radius 1 is 1.50 bits per heavy atom. The number of hydrogen-bond acceptors (Lipinski definition) is 3. The van der Waals surface area contributed by atoms with Crippen LogP contribution in [0.4, 0.5) is 0 Å². The summed E-state index contributed by atoms with van der Waals surface area (Å²) in [4.78, 5) is 6.69. The molecule has 0 amide bonds. The van der Waals surface area contributed by atoms with Crippen LogP contribution in [0.3, 0.4) is 0 Å². The molecule has 3 nitrogen and oxygen atoms in total.